The standard InChI is InChI=1S/C15H16N6O/c1-2-5-11(18-15(22)12-10-16-7-8-17-12)14-20-19-13-6-3-4-9-21(13)14/h3-4,6-11H,2,5H2,1H3,(H,18,22)/t11-/m1/s1. The average Bonchev–Trinajstić information content (AvgIpc) is 2.99. The second-order valence-corrected chi connectivity index (χ2v) is 4.89. The van der Waals surface area contributed by atoms with E-state index in [9.17, 15) is 4.79 Å². The number of pyridine rings is 1. The minimum atomic E-state index is -0.265. The van der Waals surface area contributed by atoms with Crippen molar-refractivity contribution in [2.24, 2.45) is 0 Å². The zero-order valence-electron chi connectivity index (χ0n) is 12.2. The molecule has 7 nitrogen and oxygen atoms in total. The lowest BCUT2D eigenvalue weighted by molar-refractivity contribution is 0.0927. The van der Waals surface area contributed by atoms with Gasteiger partial charge in [-0.25, -0.2) is 4.98 Å². The number of fused-ring (bicyclic) bond motifs is 1. The van der Waals surface area contributed by atoms with Crippen molar-refractivity contribution in [2.75, 3.05) is 0 Å². The summed E-state index contributed by atoms with van der Waals surface area (Å²) in [5.41, 5.74) is 1.05. The second-order valence-electron chi connectivity index (χ2n) is 4.89. The van der Waals surface area contributed by atoms with E-state index in [2.05, 4.69) is 32.4 Å². The Bertz CT molecular complexity index is 770. The summed E-state index contributed by atoms with van der Waals surface area (Å²) in [4.78, 5) is 20.2. The molecule has 1 atom stereocenters. The molecule has 0 aromatic carbocycles. The molecule has 22 heavy (non-hydrogen) atoms. The Labute approximate surface area is 127 Å². The number of nitrogens with zero attached hydrogens (tertiary/aromatic N) is 5. The first-order valence-corrected chi connectivity index (χ1v) is 7.16. The quantitative estimate of drug-likeness (QED) is 0.776. The summed E-state index contributed by atoms with van der Waals surface area (Å²) in [7, 11) is 0. The maximum atomic E-state index is 12.3. The summed E-state index contributed by atoms with van der Waals surface area (Å²) in [5, 5.41) is 11.3. The van der Waals surface area contributed by atoms with Crippen LogP contribution in [-0.4, -0.2) is 30.5 Å². The zero-order chi connectivity index (χ0) is 15.4. The van der Waals surface area contributed by atoms with E-state index >= 15 is 0 Å². The molecule has 0 saturated heterocycles. The molecule has 7 heteroatoms. The van der Waals surface area contributed by atoms with Crippen molar-refractivity contribution in [3.63, 3.8) is 0 Å². The third kappa shape index (κ3) is 2.78. The first-order valence-electron chi connectivity index (χ1n) is 7.16. The highest BCUT2D eigenvalue weighted by atomic mass is 16.2. The minimum Gasteiger partial charge on any atom is -0.341 e. The number of nitrogens with one attached hydrogen (secondary N) is 1. The average molecular weight is 296 g/mol. The van der Waals surface area contributed by atoms with Gasteiger partial charge in [0.05, 0.1) is 12.2 Å². The van der Waals surface area contributed by atoms with Crippen LogP contribution in [0.2, 0.25) is 0 Å². The van der Waals surface area contributed by atoms with Gasteiger partial charge in [-0.2, -0.15) is 0 Å². The van der Waals surface area contributed by atoms with Gasteiger partial charge in [0, 0.05) is 18.6 Å². The SMILES string of the molecule is CCC[C@@H](NC(=O)c1cnccn1)c1nnc2ccccn12. The van der Waals surface area contributed by atoms with Gasteiger partial charge >= 0.3 is 0 Å². The molecule has 0 unspecified atom stereocenters. The number of carbonyl (C=O) groups excluding carboxylic acids is 1. The van der Waals surface area contributed by atoms with E-state index in [-0.39, 0.29) is 17.6 Å². The highest BCUT2D eigenvalue weighted by Crippen LogP contribution is 2.18. The molecule has 3 rings (SSSR count). The van der Waals surface area contributed by atoms with Crippen LogP contribution in [0.15, 0.2) is 43.0 Å². The van der Waals surface area contributed by atoms with E-state index in [0.29, 0.717) is 0 Å². The molecule has 0 aliphatic heterocycles. The fourth-order valence-electron chi connectivity index (χ4n) is 2.30. The van der Waals surface area contributed by atoms with Gasteiger partial charge in [-0.3, -0.25) is 14.2 Å². The first kappa shape index (κ1) is 14.1. The van der Waals surface area contributed by atoms with Crippen LogP contribution in [0.5, 0.6) is 0 Å². The Balaban J connectivity index is 1.88. The predicted octanol–water partition coefficient (Wildman–Crippen LogP) is 1.79. The molecule has 1 amide bonds. The van der Waals surface area contributed by atoms with Crippen LogP contribution in [0.3, 0.4) is 0 Å². The van der Waals surface area contributed by atoms with Crippen LogP contribution in [0.4, 0.5) is 0 Å². The smallest absolute Gasteiger partial charge is 0.272 e. The van der Waals surface area contributed by atoms with Crippen LogP contribution in [0.1, 0.15) is 42.1 Å². The summed E-state index contributed by atoms with van der Waals surface area (Å²) in [6, 6.07) is 5.47. The third-order valence-corrected chi connectivity index (χ3v) is 3.33. The number of hydrogen-bond donors (Lipinski definition) is 1. The molecule has 0 aliphatic carbocycles. The van der Waals surface area contributed by atoms with Crippen LogP contribution in [-0.2, 0) is 0 Å². The van der Waals surface area contributed by atoms with Crippen LogP contribution >= 0.6 is 0 Å². The molecule has 0 radical (unpaired) electrons. The van der Waals surface area contributed by atoms with Crippen molar-refractivity contribution in [2.45, 2.75) is 25.8 Å². The Morgan fingerprint density at radius 3 is 3.00 bits per heavy atom. The van der Waals surface area contributed by atoms with Crippen molar-refractivity contribution in [1.29, 1.82) is 0 Å². The van der Waals surface area contributed by atoms with E-state index in [1.54, 1.807) is 0 Å². The molecular weight excluding hydrogens is 280 g/mol. The Kier molecular flexibility index (Phi) is 4.04. The van der Waals surface area contributed by atoms with Crippen molar-refractivity contribution < 1.29 is 4.79 Å². The minimum absolute atomic E-state index is 0.225. The molecule has 3 aromatic heterocycles. The lowest BCUT2D eigenvalue weighted by Gasteiger charge is -2.16. The molecular formula is C15H16N6O. The van der Waals surface area contributed by atoms with Crippen LogP contribution in [0.25, 0.3) is 5.65 Å². The van der Waals surface area contributed by atoms with Crippen LogP contribution < -0.4 is 5.32 Å². The largest absolute Gasteiger partial charge is 0.341 e. The molecule has 3 aromatic rings. The zero-order valence-corrected chi connectivity index (χ0v) is 12.2. The molecule has 1 N–H and O–H groups in total. The Morgan fingerprint density at radius 1 is 1.32 bits per heavy atom. The topological polar surface area (TPSA) is 85.1 Å². The Hall–Kier alpha value is -2.83. The van der Waals surface area contributed by atoms with Gasteiger partial charge in [0.1, 0.15) is 5.69 Å². The van der Waals surface area contributed by atoms with Gasteiger partial charge in [0.2, 0.25) is 0 Å². The van der Waals surface area contributed by atoms with Gasteiger partial charge in [0.15, 0.2) is 11.5 Å². The van der Waals surface area contributed by atoms with E-state index in [0.717, 1.165) is 24.3 Å². The maximum Gasteiger partial charge on any atom is 0.272 e. The lowest BCUT2D eigenvalue weighted by atomic mass is 10.1. The second kappa shape index (κ2) is 6.30. The molecule has 0 spiro atoms. The highest BCUT2D eigenvalue weighted by molar-refractivity contribution is 5.92. The summed E-state index contributed by atoms with van der Waals surface area (Å²) in [6.45, 7) is 2.06. The molecule has 112 valence electrons. The lowest BCUT2D eigenvalue weighted by Crippen LogP contribution is -2.30. The van der Waals surface area contributed by atoms with Crippen molar-refractivity contribution in [3.05, 3.63) is 54.5 Å². The predicted molar refractivity (Wildman–Crippen MR) is 80.1 cm³/mol. The number of rotatable bonds is 5. The molecule has 0 aliphatic rings. The number of hydrogen-bond acceptors (Lipinski definition) is 5. The Morgan fingerprint density at radius 2 is 2.23 bits per heavy atom. The van der Waals surface area contributed by atoms with Crippen molar-refractivity contribution in [3.8, 4) is 0 Å². The molecule has 3 heterocycles. The number of carbonyl (C=O) groups is 1. The summed E-state index contributed by atoms with van der Waals surface area (Å²) in [6.07, 6.45) is 8.04. The van der Waals surface area contributed by atoms with Crippen LogP contribution in [0, 0.1) is 0 Å². The normalized spacial score (nSPS) is 12.2. The van der Waals surface area contributed by atoms with Gasteiger partial charge in [0.25, 0.3) is 5.91 Å². The van der Waals surface area contributed by atoms with Gasteiger partial charge < -0.3 is 5.32 Å². The molecule has 0 fully saturated rings. The summed E-state index contributed by atoms with van der Waals surface area (Å²) in [5.74, 6) is 0.453. The number of aromatic nitrogens is 5. The summed E-state index contributed by atoms with van der Waals surface area (Å²) < 4.78 is 1.89. The van der Waals surface area contributed by atoms with Gasteiger partial charge in [-0.05, 0) is 18.6 Å². The summed E-state index contributed by atoms with van der Waals surface area (Å²) >= 11 is 0. The fourth-order valence-corrected chi connectivity index (χ4v) is 2.30. The van der Waals surface area contributed by atoms with Crippen molar-refractivity contribution >= 4 is 11.6 Å². The highest BCUT2D eigenvalue weighted by Gasteiger charge is 2.20. The van der Waals surface area contributed by atoms with Gasteiger partial charge in [-0.15, -0.1) is 10.2 Å². The maximum absolute atomic E-state index is 12.3. The fraction of sp³-hybridized carbons (Fsp3) is 0.267. The molecule has 0 saturated carbocycles. The monoisotopic (exact) mass is 296 g/mol. The van der Waals surface area contributed by atoms with E-state index < -0.39 is 0 Å². The number of amides is 1. The first-order chi connectivity index (χ1) is 10.8. The van der Waals surface area contributed by atoms with E-state index in [1.807, 2.05) is 28.8 Å². The molecule has 0 bridgehead atoms. The van der Waals surface area contributed by atoms with Gasteiger partial charge in [-0.1, -0.05) is 19.4 Å². The third-order valence-electron chi connectivity index (χ3n) is 3.33. The van der Waals surface area contributed by atoms with E-state index in [1.165, 1.54) is 18.6 Å². The van der Waals surface area contributed by atoms with Crippen molar-refractivity contribution in [1.82, 2.24) is 29.9 Å². The van der Waals surface area contributed by atoms with E-state index in [4.69, 9.17) is 0 Å².